The minimum atomic E-state index is -0.130. The Balaban J connectivity index is 1.96. The molecule has 19 heavy (non-hydrogen) atoms. The molecule has 4 heteroatoms. The van der Waals surface area contributed by atoms with Crippen molar-refractivity contribution < 1.29 is 14.3 Å². The van der Waals surface area contributed by atoms with E-state index < -0.39 is 0 Å². The van der Waals surface area contributed by atoms with Crippen LogP contribution in [0.5, 0.6) is 0 Å². The van der Waals surface area contributed by atoms with E-state index in [-0.39, 0.29) is 11.9 Å². The van der Waals surface area contributed by atoms with Crippen molar-refractivity contribution in [3.8, 4) is 0 Å². The van der Waals surface area contributed by atoms with Gasteiger partial charge in [-0.1, -0.05) is 25.7 Å². The number of nitrogens with one attached hydrogen (secondary N) is 1. The number of carbonyl (C=O) groups excluding carboxylic acids is 2. The Labute approximate surface area is 116 Å². The van der Waals surface area contributed by atoms with E-state index >= 15 is 0 Å². The van der Waals surface area contributed by atoms with Crippen molar-refractivity contribution in [3.05, 3.63) is 0 Å². The summed E-state index contributed by atoms with van der Waals surface area (Å²) in [7, 11) is 0. The highest BCUT2D eigenvalue weighted by Gasteiger charge is 2.15. The second-order valence-electron chi connectivity index (χ2n) is 5.27. The molecule has 1 aliphatic carbocycles. The first-order valence-corrected chi connectivity index (χ1v) is 7.67. The third kappa shape index (κ3) is 7.85. The minimum Gasteiger partial charge on any atom is -0.466 e. The number of rotatable bonds is 8. The first-order valence-electron chi connectivity index (χ1n) is 7.67. The fourth-order valence-corrected chi connectivity index (χ4v) is 2.51. The van der Waals surface area contributed by atoms with Gasteiger partial charge in [0.15, 0.2) is 0 Å². The third-order valence-corrected chi connectivity index (χ3v) is 3.56. The zero-order valence-corrected chi connectivity index (χ0v) is 12.1. The summed E-state index contributed by atoms with van der Waals surface area (Å²) in [6.45, 7) is 2.26. The Kier molecular flexibility index (Phi) is 8.26. The highest BCUT2D eigenvalue weighted by atomic mass is 16.5. The van der Waals surface area contributed by atoms with Crippen molar-refractivity contribution in [2.24, 2.45) is 0 Å². The molecule has 0 saturated heterocycles. The molecule has 0 bridgehead atoms. The molecular formula is C15H27NO3. The van der Waals surface area contributed by atoms with Crippen LogP contribution in [0.25, 0.3) is 0 Å². The lowest BCUT2D eigenvalue weighted by atomic mass is 9.95. The molecule has 0 heterocycles. The average Bonchev–Trinajstić information content (AvgIpc) is 2.40. The molecule has 1 amide bonds. The lowest BCUT2D eigenvalue weighted by Crippen LogP contribution is -2.35. The van der Waals surface area contributed by atoms with E-state index in [0.29, 0.717) is 25.5 Å². The smallest absolute Gasteiger partial charge is 0.305 e. The van der Waals surface area contributed by atoms with Gasteiger partial charge in [-0.15, -0.1) is 0 Å². The Morgan fingerprint density at radius 1 is 1.05 bits per heavy atom. The molecule has 0 radical (unpaired) electrons. The second-order valence-corrected chi connectivity index (χ2v) is 5.27. The number of carbonyl (C=O) groups is 2. The van der Waals surface area contributed by atoms with E-state index in [1.807, 2.05) is 6.92 Å². The van der Waals surface area contributed by atoms with Gasteiger partial charge in [0.1, 0.15) is 0 Å². The molecule has 1 fully saturated rings. The van der Waals surface area contributed by atoms with Crippen LogP contribution in [-0.4, -0.2) is 24.5 Å². The summed E-state index contributed by atoms with van der Waals surface area (Å²) in [4.78, 5) is 22.8. The molecule has 1 saturated carbocycles. The van der Waals surface area contributed by atoms with Crippen molar-refractivity contribution >= 4 is 11.9 Å². The second kappa shape index (κ2) is 9.82. The zero-order chi connectivity index (χ0) is 13.9. The summed E-state index contributed by atoms with van der Waals surface area (Å²) in [5, 5.41) is 3.11. The van der Waals surface area contributed by atoms with Gasteiger partial charge in [-0.2, -0.15) is 0 Å². The zero-order valence-electron chi connectivity index (χ0n) is 12.1. The van der Waals surface area contributed by atoms with Gasteiger partial charge in [-0.3, -0.25) is 9.59 Å². The van der Waals surface area contributed by atoms with E-state index in [0.717, 1.165) is 32.1 Å². The van der Waals surface area contributed by atoms with Gasteiger partial charge in [0, 0.05) is 18.9 Å². The Bertz CT molecular complexity index is 273. The van der Waals surface area contributed by atoms with Crippen LogP contribution < -0.4 is 5.32 Å². The van der Waals surface area contributed by atoms with Crippen LogP contribution in [0.15, 0.2) is 0 Å². The molecule has 110 valence electrons. The lowest BCUT2D eigenvalue weighted by Gasteiger charge is -2.22. The number of ether oxygens (including phenoxy) is 1. The molecule has 4 nitrogen and oxygen atoms in total. The maximum atomic E-state index is 11.7. The van der Waals surface area contributed by atoms with Crippen molar-refractivity contribution in [2.45, 2.75) is 77.2 Å². The highest BCUT2D eigenvalue weighted by Crippen LogP contribution is 2.17. The fourth-order valence-electron chi connectivity index (χ4n) is 2.51. The van der Waals surface area contributed by atoms with Crippen LogP contribution in [0, 0.1) is 0 Å². The summed E-state index contributed by atoms with van der Waals surface area (Å²) < 4.78 is 4.85. The molecule has 0 spiro atoms. The quantitative estimate of drug-likeness (QED) is 0.544. The summed E-state index contributed by atoms with van der Waals surface area (Å²) in [6.07, 6.45) is 9.69. The van der Waals surface area contributed by atoms with E-state index in [2.05, 4.69) is 5.32 Å². The SMILES string of the molecule is CCOC(=O)CCCCCC(=O)NC1CCCCC1. The van der Waals surface area contributed by atoms with Crippen LogP contribution >= 0.6 is 0 Å². The van der Waals surface area contributed by atoms with Crippen molar-refractivity contribution in [1.29, 1.82) is 0 Å². The van der Waals surface area contributed by atoms with Gasteiger partial charge in [0.25, 0.3) is 0 Å². The first kappa shape index (κ1) is 16.0. The molecular weight excluding hydrogens is 242 g/mol. The number of esters is 1. The van der Waals surface area contributed by atoms with Crippen LogP contribution in [0.3, 0.4) is 0 Å². The fraction of sp³-hybridized carbons (Fsp3) is 0.867. The third-order valence-electron chi connectivity index (χ3n) is 3.56. The lowest BCUT2D eigenvalue weighted by molar-refractivity contribution is -0.143. The van der Waals surface area contributed by atoms with E-state index in [1.54, 1.807) is 0 Å². The molecule has 0 atom stereocenters. The standard InChI is InChI=1S/C15H27NO3/c1-2-19-15(18)12-8-4-7-11-14(17)16-13-9-5-3-6-10-13/h13H,2-12H2,1H3,(H,16,17). The van der Waals surface area contributed by atoms with Crippen LogP contribution in [0.1, 0.15) is 71.1 Å². The minimum absolute atomic E-state index is 0.130. The van der Waals surface area contributed by atoms with E-state index in [1.165, 1.54) is 19.3 Å². The first-order chi connectivity index (χ1) is 9.22. The largest absolute Gasteiger partial charge is 0.466 e. The predicted molar refractivity (Wildman–Crippen MR) is 74.7 cm³/mol. The monoisotopic (exact) mass is 269 g/mol. The summed E-state index contributed by atoms with van der Waals surface area (Å²) in [5.41, 5.74) is 0. The van der Waals surface area contributed by atoms with Crippen molar-refractivity contribution in [1.82, 2.24) is 5.32 Å². The van der Waals surface area contributed by atoms with Crippen molar-refractivity contribution in [2.75, 3.05) is 6.61 Å². The summed E-state index contributed by atoms with van der Waals surface area (Å²) in [6, 6.07) is 0.404. The molecule has 1 aliphatic rings. The Morgan fingerprint density at radius 3 is 2.42 bits per heavy atom. The summed E-state index contributed by atoms with van der Waals surface area (Å²) >= 11 is 0. The molecule has 1 N–H and O–H groups in total. The predicted octanol–water partition coefficient (Wildman–Crippen LogP) is 2.95. The van der Waals surface area contributed by atoms with Gasteiger partial charge in [0.2, 0.25) is 5.91 Å². The number of hydrogen-bond donors (Lipinski definition) is 1. The topological polar surface area (TPSA) is 55.4 Å². The molecule has 0 aliphatic heterocycles. The van der Waals surface area contributed by atoms with Crippen LogP contribution in [-0.2, 0) is 14.3 Å². The van der Waals surface area contributed by atoms with Gasteiger partial charge in [-0.25, -0.2) is 0 Å². The molecule has 0 aromatic carbocycles. The van der Waals surface area contributed by atoms with E-state index in [9.17, 15) is 9.59 Å². The molecule has 1 rings (SSSR count). The normalized spacial score (nSPS) is 16.1. The maximum Gasteiger partial charge on any atom is 0.305 e. The number of amides is 1. The Morgan fingerprint density at radius 2 is 1.74 bits per heavy atom. The van der Waals surface area contributed by atoms with Gasteiger partial charge in [0.05, 0.1) is 6.61 Å². The molecule has 0 unspecified atom stereocenters. The molecule has 0 aromatic rings. The van der Waals surface area contributed by atoms with E-state index in [4.69, 9.17) is 4.74 Å². The van der Waals surface area contributed by atoms with Gasteiger partial charge < -0.3 is 10.1 Å². The maximum absolute atomic E-state index is 11.7. The Hall–Kier alpha value is -1.06. The van der Waals surface area contributed by atoms with Crippen LogP contribution in [0.4, 0.5) is 0 Å². The van der Waals surface area contributed by atoms with Gasteiger partial charge >= 0.3 is 5.97 Å². The number of unbranched alkanes of at least 4 members (excludes halogenated alkanes) is 2. The average molecular weight is 269 g/mol. The van der Waals surface area contributed by atoms with Crippen molar-refractivity contribution in [3.63, 3.8) is 0 Å². The molecule has 0 aromatic heterocycles. The van der Waals surface area contributed by atoms with Crippen LogP contribution in [0.2, 0.25) is 0 Å². The van der Waals surface area contributed by atoms with Gasteiger partial charge in [-0.05, 0) is 32.6 Å². The number of hydrogen-bond acceptors (Lipinski definition) is 3. The summed E-state index contributed by atoms with van der Waals surface area (Å²) in [5.74, 6) is 0.0391. The highest BCUT2D eigenvalue weighted by molar-refractivity contribution is 5.76.